The Kier molecular flexibility index (Phi) is 1.24. The van der Waals surface area contributed by atoms with E-state index in [2.05, 4.69) is 0 Å². The maximum atomic E-state index is 5.36. The molecule has 2 rings (SSSR count). The van der Waals surface area contributed by atoms with Gasteiger partial charge in [0.25, 0.3) is 0 Å². The van der Waals surface area contributed by atoms with E-state index >= 15 is 0 Å². The van der Waals surface area contributed by atoms with Crippen molar-refractivity contribution in [1.29, 1.82) is 0 Å². The molecule has 0 aromatic carbocycles. The quantitative estimate of drug-likeness (QED) is 0.490. The first-order valence-corrected chi connectivity index (χ1v) is 3.60. The molecule has 0 aromatic heterocycles. The second-order valence-corrected chi connectivity index (χ2v) is 2.84. The highest BCUT2D eigenvalue weighted by Crippen LogP contribution is 2.37. The second-order valence-electron chi connectivity index (χ2n) is 2.84. The maximum absolute atomic E-state index is 5.36. The summed E-state index contributed by atoms with van der Waals surface area (Å²) in [5.41, 5.74) is 0. The van der Waals surface area contributed by atoms with Gasteiger partial charge in [-0.15, -0.1) is 0 Å². The lowest BCUT2D eigenvalue weighted by Crippen LogP contribution is -2.23. The summed E-state index contributed by atoms with van der Waals surface area (Å²) < 4.78 is 10.6. The largest absolute Gasteiger partial charge is 0.379 e. The average molecular weight is 128 g/mol. The van der Waals surface area contributed by atoms with Gasteiger partial charge in [0, 0.05) is 7.11 Å². The highest BCUT2D eigenvalue weighted by atomic mass is 16.6. The lowest BCUT2D eigenvalue weighted by atomic mass is 9.98. The normalized spacial score (nSPS) is 48.3. The Morgan fingerprint density at radius 2 is 2.33 bits per heavy atom. The topological polar surface area (TPSA) is 21.8 Å². The van der Waals surface area contributed by atoms with Gasteiger partial charge in [-0.1, -0.05) is 0 Å². The van der Waals surface area contributed by atoms with Crippen LogP contribution >= 0.6 is 0 Å². The first-order valence-electron chi connectivity index (χ1n) is 3.60. The summed E-state index contributed by atoms with van der Waals surface area (Å²) in [6.07, 6.45) is 5.15. The number of ether oxygens (including phenoxy) is 2. The van der Waals surface area contributed by atoms with E-state index in [1.165, 1.54) is 19.3 Å². The summed E-state index contributed by atoms with van der Waals surface area (Å²) in [6, 6.07) is 0. The third kappa shape index (κ3) is 0.864. The van der Waals surface area contributed by atoms with Crippen molar-refractivity contribution < 1.29 is 9.47 Å². The van der Waals surface area contributed by atoms with Crippen LogP contribution in [0.5, 0.6) is 0 Å². The van der Waals surface area contributed by atoms with Crippen LogP contribution in [0.3, 0.4) is 0 Å². The smallest absolute Gasteiger partial charge is 0.110 e. The van der Waals surface area contributed by atoms with Crippen molar-refractivity contribution in [3.05, 3.63) is 0 Å². The van der Waals surface area contributed by atoms with E-state index in [0.29, 0.717) is 18.3 Å². The predicted molar refractivity (Wildman–Crippen MR) is 33.3 cm³/mol. The maximum Gasteiger partial charge on any atom is 0.110 e. The minimum atomic E-state index is 0.406. The Morgan fingerprint density at radius 1 is 1.44 bits per heavy atom. The fourth-order valence-corrected chi connectivity index (χ4v) is 1.65. The van der Waals surface area contributed by atoms with Crippen LogP contribution in [-0.2, 0) is 9.47 Å². The summed E-state index contributed by atoms with van der Waals surface area (Å²) in [5, 5.41) is 0. The molecule has 2 nitrogen and oxygen atoms in total. The molecule has 9 heavy (non-hydrogen) atoms. The Morgan fingerprint density at radius 3 is 3.00 bits per heavy atom. The van der Waals surface area contributed by atoms with Crippen LogP contribution in [0, 0.1) is 0 Å². The Bertz CT molecular complexity index is 113. The molecule has 0 bridgehead atoms. The molecule has 2 fully saturated rings. The molecule has 0 spiro atoms. The van der Waals surface area contributed by atoms with E-state index in [1.54, 1.807) is 7.11 Å². The van der Waals surface area contributed by atoms with Crippen LogP contribution in [-0.4, -0.2) is 25.4 Å². The van der Waals surface area contributed by atoms with Crippen molar-refractivity contribution in [2.45, 2.75) is 37.6 Å². The van der Waals surface area contributed by atoms with Crippen molar-refractivity contribution >= 4 is 0 Å². The number of epoxide rings is 1. The molecule has 1 heterocycles. The van der Waals surface area contributed by atoms with Crippen LogP contribution in [0.1, 0.15) is 19.3 Å². The highest BCUT2D eigenvalue weighted by Gasteiger charge is 2.47. The fraction of sp³-hybridized carbons (Fsp3) is 1.00. The third-order valence-electron chi connectivity index (χ3n) is 2.27. The first kappa shape index (κ1) is 5.69. The zero-order valence-corrected chi connectivity index (χ0v) is 5.67. The standard InChI is InChI=1S/C7H12O2/c1-8-5-3-2-4-6-7(5)9-6/h5-7H,2-4H2,1H3/t5?,6-,7?/m1/s1. The predicted octanol–water partition coefficient (Wildman–Crippen LogP) is 0.953. The van der Waals surface area contributed by atoms with Gasteiger partial charge in [-0.25, -0.2) is 0 Å². The van der Waals surface area contributed by atoms with E-state index in [4.69, 9.17) is 9.47 Å². The van der Waals surface area contributed by atoms with E-state index in [0.717, 1.165) is 0 Å². The van der Waals surface area contributed by atoms with E-state index < -0.39 is 0 Å². The monoisotopic (exact) mass is 128 g/mol. The molecule has 1 aliphatic carbocycles. The van der Waals surface area contributed by atoms with Crippen LogP contribution < -0.4 is 0 Å². The molecular weight excluding hydrogens is 116 g/mol. The lowest BCUT2D eigenvalue weighted by molar-refractivity contribution is 0.0666. The first-order chi connectivity index (χ1) is 4.42. The van der Waals surface area contributed by atoms with E-state index in [1.807, 2.05) is 0 Å². The molecule has 1 saturated heterocycles. The van der Waals surface area contributed by atoms with Gasteiger partial charge >= 0.3 is 0 Å². The van der Waals surface area contributed by atoms with Gasteiger partial charge in [0.05, 0.1) is 12.2 Å². The highest BCUT2D eigenvalue weighted by molar-refractivity contribution is 4.95. The minimum absolute atomic E-state index is 0.406. The number of fused-ring (bicyclic) bond motifs is 1. The number of hydrogen-bond acceptors (Lipinski definition) is 2. The van der Waals surface area contributed by atoms with Crippen molar-refractivity contribution in [3.8, 4) is 0 Å². The van der Waals surface area contributed by atoms with E-state index in [-0.39, 0.29) is 0 Å². The average Bonchev–Trinajstić information content (AvgIpc) is 2.64. The molecule has 1 saturated carbocycles. The summed E-state index contributed by atoms with van der Waals surface area (Å²) in [5.74, 6) is 0. The van der Waals surface area contributed by atoms with Gasteiger partial charge in [0.1, 0.15) is 6.10 Å². The second kappa shape index (κ2) is 1.96. The SMILES string of the molecule is COC1CCC[C@H]2OC12. The zero-order chi connectivity index (χ0) is 6.27. The molecule has 2 heteroatoms. The molecule has 1 aliphatic heterocycles. The van der Waals surface area contributed by atoms with Crippen LogP contribution in [0.4, 0.5) is 0 Å². The van der Waals surface area contributed by atoms with Crippen molar-refractivity contribution in [1.82, 2.24) is 0 Å². The molecule has 0 N–H and O–H groups in total. The van der Waals surface area contributed by atoms with Gasteiger partial charge in [-0.2, -0.15) is 0 Å². The van der Waals surface area contributed by atoms with Gasteiger partial charge in [0.15, 0.2) is 0 Å². The van der Waals surface area contributed by atoms with Gasteiger partial charge in [0.2, 0.25) is 0 Å². The molecule has 52 valence electrons. The fourth-order valence-electron chi connectivity index (χ4n) is 1.65. The number of methoxy groups -OCH3 is 1. The van der Waals surface area contributed by atoms with E-state index in [9.17, 15) is 0 Å². The van der Waals surface area contributed by atoms with Crippen molar-refractivity contribution in [2.75, 3.05) is 7.11 Å². The van der Waals surface area contributed by atoms with Crippen molar-refractivity contribution in [2.24, 2.45) is 0 Å². The van der Waals surface area contributed by atoms with Crippen LogP contribution in [0.2, 0.25) is 0 Å². The van der Waals surface area contributed by atoms with Crippen molar-refractivity contribution in [3.63, 3.8) is 0 Å². The summed E-state index contributed by atoms with van der Waals surface area (Å²) >= 11 is 0. The molecule has 0 radical (unpaired) electrons. The van der Waals surface area contributed by atoms with Crippen LogP contribution in [0.15, 0.2) is 0 Å². The Labute approximate surface area is 55.1 Å². The number of rotatable bonds is 1. The molecule has 2 aliphatic rings. The summed E-state index contributed by atoms with van der Waals surface area (Å²) in [6.45, 7) is 0. The minimum Gasteiger partial charge on any atom is -0.379 e. The Hall–Kier alpha value is -0.0800. The van der Waals surface area contributed by atoms with Gasteiger partial charge in [-0.3, -0.25) is 0 Å². The lowest BCUT2D eigenvalue weighted by Gasteiger charge is -2.15. The Balaban J connectivity index is 1.93. The molecule has 2 unspecified atom stereocenters. The van der Waals surface area contributed by atoms with Crippen LogP contribution in [0.25, 0.3) is 0 Å². The summed E-state index contributed by atoms with van der Waals surface area (Å²) in [4.78, 5) is 0. The molecular formula is C7H12O2. The molecule has 3 atom stereocenters. The summed E-state index contributed by atoms with van der Waals surface area (Å²) in [7, 11) is 1.77. The molecule has 0 amide bonds. The zero-order valence-electron chi connectivity index (χ0n) is 5.67. The molecule has 0 aromatic rings. The number of hydrogen-bond donors (Lipinski definition) is 0. The third-order valence-corrected chi connectivity index (χ3v) is 2.27. The van der Waals surface area contributed by atoms with Gasteiger partial charge in [-0.05, 0) is 19.3 Å². The van der Waals surface area contributed by atoms with Gasteiger partial charge < -0.3 is 9.47 Å².